The maximum Gasteiger partial charge on any atom is 0.325 e. The molecule has 0 aliphatic carbocycles. The van der Waals surface area contributed by atoms with E-state index in [1.54, 1.807) is 25.1 Å². The van der Waals surface area contributed by atoms with Crippen molar-refractivity contribution < 1.29 is 18.0 Å². The van der Waals surface area contributed by atoms with Gasteiger partial charge < -0.3 is 5.32 Å². The second-order valence-corrected chi connectivity index (χ2v) is 10.6. The molecule has 0 radical (unpaired) electrons. The van der Waals surface area contributed by atoms with Crippen LogP contribution in [0.15, 0.2) is 59.5 Å². The van der Waals surface area contributed by atoms with E-state index >= 15 is 0 Å². The van der Waals surface area contributed by atoms with E-state index in [4.69, 9.17) is 0 Å². The monoisotopic (exact) mass is 414 g/mol. The van der Waals surface area contributed by atoms with E-state index in [1.807, 2.05) is 24.3 Å². The van der Waals surface area contributed by atoms with Crippen LogP contribution in [0.5, 0.6) is 0 Å². The summed E-state index contributed by atoms with van der Waals surface area (Å²) >= 11 is 0. The summed E-state index contributed by atoms with van der Waals surface area (Å²) in [5.41, 5.74) is 0.536. The number of carbonyl (C=O) groups excluding carboxylic acids is 2. The Morgan fingerprint density at radius 3 is 2.10 bits per heavy atom. The molecule has 1 saturated heterocycles. The summed E-state index contributed by atoms with van der Waals surface area (Å²) in [4.78, 5) is 26.6. The van der Waals surface area contributed by atoms with Crippen LogP contribution in [0.3, 0.4) is 0 Å². The fraction of sp³-hybridized carbons (Fsp3) is 0.364. The molecule has 29 heavy (non-hydrogen) atoms. The molecule has 3 rings (SSSR count). The van der Waals surface area contributed by atoms with E-state index in [0.717, 1.165) is 10.5 Å². The quantitative estimate of drug-likeness (QED) is 0.762. The number of amides is 3. The van der Waals surface area contributed by atoms with Gasteiger partial charge in [0.2, 0.25) is 0 Å². The lowest BCUT2D eigenvalue weighted by molar-refractivity contribution is -0.130. The Kier molecular flexibility index (Phi) is 5.30. The Morgan fingerprint density at radius 2 is 1.55 bits per heavy atom. The number of hydrogen-bond donors (Lipinski definition) is 1. The van der Waals surface area contributed by atoms with Crippen LogP contribution in [-0.2, 0) is 25.6 Å². The molecular weight excluding hydrogens is 388 g/mol. The molecule has 1 unspecified atom stereocenters. The average molecular weight is 415 g/mol. The fourth-order valence-corrected chi connectivity index (χ4v) is 4.59. The van der Waals surface area contributed by atoms with Crippen molar-refractivity contribution in [2.45, 2.75) is 43.5 Å². The highest BCUT2D eigenvalue weighted by Gasteiger charge is 2.49. The summed E-state index contributed by atoms with van der Waals surface area (Å²) in [6, 6.07) is 15.0. The molecule has 1 heterocycles. The molecule has 0 aromatic heterocycles. The topological polar surface area (TPSA) is 83.6 Å². The van der Waals surface area contributed by atoms with Crippen LogP contribution in [0, 0.1) is 0 Å². The predicted octanol–water partition coefficient (Wildman–Crippen LogP) is 3.23. The van der Waals surface area contributed by atoms with Crippen molar-refractivity contribution in [3.63, 3.8) is 0 Å². The molecule has 1 N–H and O–H groups in total. The Balaban J connectivity index is 1.79. The number of urea groups is 1. The summed E-state index contributed by atoms with van der Waals surface area (Å²) in [6.45, 7) is 7.74. The van der Waals surface area contributed by atoms with Gasteiger partial charge in [0, 0.05) is 6.54 Å². The third-order valence-electron chi connectivity index (χ3n) is 5.29. The number of carbonyl (C=O) groups is 2. The molecule has 3 amide bonds. The van der Waals surface area contributed by atoms with E-state index in [-0.39, 0.29) is 22.6 Å². The highest BCUT2D eigenvalue weighted by molar-refractivity contribution is 7.91. The Hall–Kier alpha value is -2.67. The van der Waals surface area contributed by atoms with E-state index < -0.39 is 27.3 Å². The molecule has 6 nitrogen and oxygen atoms in total. The summed E-state index contributed by atoms with van der Waals surface area (Å²) in [7, 11) is -3.59. The van der Waals surface area contributed by atoms with Crippen LogP contribution in [0.1, 0.15) is 38.8 Å². The van der Waals surface area contributed by atoms with E-state index in [1.165, 1.54) is 12.1 Å². The first kappa shape index (κ1) is 21.0. The van der Waals surface area contributed by atoms with Gasteiger partial charge in [-0.2, -0.15) is 0 Å². The molecule has 0 saturated carbocycles. The molecule has 1 aliphatic heterocycles. The highest BCUT2D eigenvalue weighted by Crippen LogP contribution is 2.31. The minimum absolute atomic E-state index is 0.0276. The van der Waals surface area contributed by atoms with Gasteiger partial charge in [0.15, 0.2) is 9.84 Å². The smallest absolute Gasteiger partial charge is 0.319 e. The van der Waals surface area contributed by atoms with Gasteiger partial charge in [-0.25, -0.2) is 13.2 Å². The first-order valence-electron chi connectivity index (χ1n) is 9.48. The van der Waals surface area contributed by atoms with Crippen LogP contribution in [-0.4, -0.2) is 37.6 Å². The van der Waals surface area contributed by atoms with Gasteiger partial charge in [-0.15, -0.1) is 0 Å². The maximum absolute atomic E-state index is 13.0. The Morgan fingerprint density at radius 1 is 0.966 bits per heavy atom. The van der Waals surface area contributed by atoms with Crippen LogP contribution >= 0.6 is 0 Å². The van der Waals surface area contributed by atoms with Crippen molar-refractivity contribution in [3.8, 4) is 0 Å². The lowest BCUT2D eigenvalue weighted by Gasteiger charge is -2.24. The van der Waals surface area contributed by atoms with E-state index in [2.05, 4.69) is 26.1 Å². The minimum Gasteiger partial charge on any atom is -0.319 e. The Bertz CT molecular complexity index is 1020. The summed E-state index contributed by atoms with van der Waals surface area (Å²) in [6.07, 6.45) is 0. The van der Waals surface area contributed by atoms with Crippen molar-refractivity contribution in [3.05, 3.63) is 65.7 Å². The largest absolute Gasteiger partial charge is 0.325 e. The molecular formula is C22H26N2O4S. The molecule has 0 spiro atoms. The van der Waals surface area contributed by atoms with Gasteiger partial charge in [-0.3, -0.25) is 9.69 Å². The van der Waals surface area contributed by atoms with Crippen molar-refractivity contribution in [1.82, 2.24) is 10.2 Å². The fourth-order valence-electron chi connectivity index (χ4n) is 3.36. The first-order chi connectivity index (χ1) is 13.4. The molecule has 154 valence electrons. The normalized spacial score (nSPS) is 20.1. The summed E-state index contributed by atoms with van der Waals surface area (Å²) in [5.74, 6) is -0.774. The second-order valence-electron chi connectivity index (χ2n) is 8.47. The molecule has 2 aromatic carbocycles. The van der Waals surface area contributed by atoms with Crippen molar-refractivity contribution in [2.24, 2.45) is 0 Å². The number of nitrogens with zero attached hydrogens (tertiary/aromatic N) is 1. The standard InChI is InChI=1S/C22H26N2O4S/c1-21(2,3)16-10-12-17(13-11-16)22(4)19(25)24(20(26)23-22)14-15-29(27,28)18-8-6-5-7-9-18/h5-13H,14-15H2,1-4H3,(H,23,26). The van der Waals surface area contributed by atoms with Crippen molar-refractivity contribution in [1.29, 1.82) is 0 Å². The molecule has 0 bridgehead atoms. The molecule has 7 heteroatoms. The third kappa shape index (κ3) is 4.05. The summed E-state index contributed by atoms with van der Waals surface area (Å²) in [5, 5.41) is 2.72. The minimum atomic E-state index is -3.59. The highest BCUT2D eigenvalue weighted by atomic mass is 32.2. The van der Waals surface area contributed by atoms with Crippen LogP contribution in [0.2, 0.25) is 0 Å². The van der Waals surface area contributed by atoms with Gasteiger partial charge in [0.05, 0.1) is 10.6 Å². The predicted molar refractivity (Wildman–Crippen MR) is 111 cm³/mol. The Labute approximate surface area is 171 Å². The van der Waals surface area contributed by atoms with Gasteiger partial charge >= 0.3 is 6.03 Å². The number of hydrogen-bond acceptors (Lipinski definition) is 4. The van der Waals surface area contributed by atoms with E-state index in [0.29, 0.717) is 5.56 Å². The number of imide groups is 1. The molecule has 2 aromatic rings. The second kappa shape index (κ2) is 7.30. The molecule has 1 atom stereocenters. The lowest BCUT2D eigenvalue weighted by atomic mass is 9.84. The zero-order valence-electron chi connectivity index (χ0n) is 17.1. The average Bonchev–Trinajstić information content (AvgIpc) is 2.90. The first-order valence-corrected chi connectivity index (χ1v) is 11.1. The number of nitrogens with one attached hydrogen (secondary N) is 1. The van der Waals surface area contributed by atoms with Crippen LogP contribution in [0.4, 0.5) is 4.79 Å². The SMILES string of the molecule is CC(C)(C)c1ccc(C2(C)NC(=O)N(CCS(=O)(=O)c3ccccc3)C2=O)cc1. The van der Waals surface area contributed by atoms with Gasteiger partial charge in [-0.1, -0.05) is 63.2 Å². The molecule has 1 fully saturated rings. The van der Waals surface area contributed by atoms with Crippen LogP contribution in [0.25, 0.3) is 0 Å². The van der Waals surface area contributed by atoms with Crippen LogP contribution < -0.4 is 5.32 Å². The van der Waals surface area contributed by atoms with Crippen molar-refractivity contribution >= 4 is 21.8 Å². The summed E-state index contributed by atoms with van der Waals surface area (Å²) < 4.78 is 25.0. The number of rotatable bonds is 5. The van der Waals surface area contributed by atoms with Gasteiger partial charge in [0.1, 0.15) is 5.54 Å². The van der Waals surface area contributed by atoms with Gasteiger partial charge in [0.25, 0.3) is 5.91 Å². The lowest BCUT2D eigenvalue weighted by Crippen LogP contribution is -2.41. The maximum atomic E-state index is 13.0. The number of sulfone groups is 1. The third-order valence-corrected chi connectivity index (χ3v) is 7.00. The van der Waals surface area contributed by atoms with Crippen molar-refractivity contribution in [2.75, 3.05) is 12.3 Å². The zero-order valence-corrected chi connectivity index (χ0v) is 17.9. The zero-order chi connectivity index (χ0) is 21.4. The van der Waals surface area contributed by atoms with E-state index in [9.17, 15) is 18.0 Å². The molecule has 1 aliphatic rings. The van der Waals surface area contributed by atoms with Gasteiger partial charge in [-0.05, 0) is 35.6 Å². The number of benzene rings is 2.